The maximum atomic E-state index is 13.2. The lowest BCUT2D eigenvalue weighted by molar-refractivity contribution is 0.111. The number of nitriles is 1. The van der Waals surface area contributed by atoms with Crippen molar-refractivity contribution in [3.63, 3.8) is 0 Å². The monoisotopic (exact) mass is 504 g/mol. The molecule has 2 aromatic rings. The van der Waals surface area contributed by atoms with E-state index in [2.05, 4.69) is 21.4 Å². The highest BCUT2D eigenvalue weighted by Gasteiger charge is 2.56. The van der Waals surface area contributed by atoms with Crippen LogP contribution in [0.3, 0.4) is 0 Å². The summed E-state index contributed by atoms with van der Waals surface area (Å²) in [5.74, 6) is 0.756. The number of carbonyl (C=O) groups excluding carboxylic acids is 3. The molecule has 1 saturated carbocycles. The van der Waals surface area contributed by atoms with Crippen LogP contribution >= 0.6 is 0 Å². The van der Waals surface area contributed by atoms with E-state index in [0.717, 1.165) is 36.8 Å². The third-order valence-electron chi connectivity index (χ3n) is 7.18. The molecule has 4 heterocycles. The third-order valence-corrected chi connectivity index (χ3v) is 7.18. The molecule has 2 aromatic heterocycles. The van der Waals surface area contributed by atoms with E-state index < -0.39 is 6.03 Å². The number of hydrogen-bond donors (Lipinski definition) is 1. The minimum Gasteiger partial charge on any atom is -0.447 e. The number of nitrogens with one attached hydrogen (secondary N) is 1. The zero-order valence-corrected chi connectivity index (χ0v) is 20.7. The zero-order valence-electron chi connectivity index (χ0n) is 20.7. The number of hydrogen-bond acceptors (Lipinski definition) is 8. The summed E-state index contributed by atoms with van der Waals surface area (Å²) >= 11 is 0. The fourth-order valence-corrected chi connectivity index (χ4v) is 4.95. The molecule has 1 N–H and O–H groups in total. The number of cyclic esters (lactones) is 1. The highest BCUT2D eigenvalue weighted by molar-refractivity contribution is 6.01. The summed E-state index contributed by atoms with van der Waals surface area (Å²) in [5.41, 5.74) is 2.67. The Balaban J connectivity index is 1.36. The molecule has 3 amide bonds. The highest BCUT2D eigenvalue weighted by Crippen LogP contribution is 2.46. The number of aryl methyl sites for hydroxylation is 2. The van der Waals surface area contributed by atoms with E-state index in [1.807, 2.05) is 6.07 Å². The van der Waals surface area contributed by atoms with Gasteiger partial charge in [-0.25, -0.2) is 19.6 Å². The number of urea groups is 1. The average Bonchev–Trinajstić information content (AvgIpc) is 3.64. The topological polar surface area (TPSA) is 138 Å². The first-order valence-electron chi connectivity index (χ1n) is 12.4. The minimum absolute atomic E-state index is 0.200. The van der Waals surface area contributed by atoms with Crippen LogP contribution in [0.2, 0.25) is 0 Å². The molecule has 0 bridgehead atoms. The van der Waals surface area contributed by atoms with E-state index in [-0.39, 0.29) is 23.9 Å². The van der Waals surface area contributed by atoms with E-state index in [0.29, 0.717) is 61.6 Å². The lowest BCUT2D eigenvalue weighted by Gasteiger charge is -2.30. The molecule has 0 radical (unpaired) electrons. The van der Waals surface area contributed by atoms with Gasteiger partial charge < -0.3 is 9.47 Å². The number of rotatable bonds is 8. The number of aromatic nitrogens is 2. The summed E-state index contributed by atoms with van der Waals surface area (Å²) in [6.07, 6.45) is 6.30. The molecule has 11 nitrogen and oxygen atoms in total. The summed E-state index contributed by atoms with van der Waals surface area (Å²) in [6.45, 7) is 1.63. The largest absolute Gasteiger partial charge is 0.447 e. The van der Waals surface area contributed by atoms with Crippen LogP contribution in [0.15, 0.2) is 18.3 Å². The Morgan fingerprint density at radius 3 is 2.92 bits per heavy atom. The summed E-state index contributed by atoms with van der Waals surface area (Å²) in [7, 11) is 1.62. The molecule has 2 fully saturated rings. The average molecular weight is 505 g/mol. The number of carbonyl (C=O) groups is 3. The van der Waals surface area contributed by atoms with Crippen LogP contribution in [0, 0.1) is 11.3 Å². The van der Waals surface area contributed by atoms with E-state index >= 15 is 0 Å². The van der Waals surface area contributed by atoms with E-state index in [1.165, 1.54) is 11.1 Å². The van der Waals surface area contributed by atoms with Gasteiger partial charge in [-0.3, -0.25) is 19.9 Å². The lowest BCUT2D eigenvalue weighted by atomic mass is 10.0. The van der Waals surface area contributed by atoms with Gasteiger partial charge in [0.2, 0.25) is 0 Å². The number of aldehydes is 1. The summed E-state index contributed by atoms with van der Waals surface area (Å²) in [5, 5.41) is 12.2. The number of methoxy groups -OCH3 is 1. The minimum atomic E-state index is -0.418. The molecule has 11 heteroatoms. The number of pyridine rings is 2. The Labute approximate surface area is 214 Å². The number of ether oxygens (including phenoxy) is 2. The predicted molar refractivity (Wildman–Crippen MR) is 132 cm³/mol. The van der Waals surface area contributed by atoms with Crippen molar-refractivity contribution in [2.45, 2.75) is 50.6 Å². The number of nitrogens with zero attached hydrogens (tertiary/aromatic N) is 5. The van der Waals surface area contributed by atoms with Crippen molar-refractivity contribution >= 4 is 30.0 Å². The Kier molecular flexibility index (Phi) is 6.76. The summed E-state index contributed by atoms with van der Waals surface area (Å²) in [4.78, 5) is 49.5. The molecule has 0 unspecified atom stereocenters. The molecule has 5 rings (SSSR count). The van der Waals surface area contributed by atoms with Gasteiger partial charge in [0.15, 0.2) is 6.29 Å². The first kappa shape index (κ1) is 24.6. The van der Waals surface area contributed by atoms with Gasteiger partial charge in [0, 0.05) is 32.0 Å². The van der Waals surface area contributed by atoms with Crippen molar-refractivity contribution in [2.75, 3.05) is 37.1 Å². The van der Waals surface area contributed by atoms with Crippen molar-refractivity contribution in [1.29, 1.82) is 5.26 Å². The molecule has 192 valence electrons. The Morgan fingerprint density at radius 2 is 2.19 bits per heavy atom. The van der Waals surface area contributed by atoms with Crippen molar-refractivity contribution in [1.82, 2.24) is 14.9 Å². The fourth-order valence-electron chi connectivity index (χ4n) is 4.95. The molecule has 2 aliphatic heterocycles. The Morgan fingerprint density at radius 1 is 1.35 bits per heavy atom. The highest BCUT2D eigenvalue weighted by atomic mass is 16.6. The second kappa shape index (κ2) is 10.1. The molecule has 0 atom stereocenters. The normalized spacial score (nSPS) is 17.2. The smallest absolute Gasteiger partial charge is 0.410 e. The first-order chi connectivity index (χ1) is 18.0. The molecule has 37 heavy (non-hydrogen) atoms. The van der Waals surface area contributed by atoms with Crippen molar-refractivity contribution in [3.8, 4) is 6.07 Å². The molecular weight excluding hydrogens is 476 g/mol. The number of fused-ring (bicyclic) bond motifs is 1. The molecule has 0 aromatic carbocycles. The SMILES string of the molecule is COCCCc1cc(NC(=O)N2CCCc3cc(CN4C(=O)OCC45CC5)c(C=O)nc32)ncc1C#N. The first-order valence-corrected chi connectivity index (χ1v) is 12.4. The second-order valence-electron chi connectivity index (χ2n) is 9.62. The number of amides is 3. The van der Waals surface area contributed by atoms with Gasteiger partial charge in [0.25, 0.3) is 0 Å². The van der Waals surface area contributed by atoms with E-state index in [1.54, 1.807) is 18.1 Å². The van der Waals surface area contributed by atoms with Crippen LogP contribution in [0.25, 0.3) is 0 Å². The van der Waals surface area contributed by atoms with Gasteiger partial charge >= 0.3 is 12.1 Å². The van der Waals surface area contributed by atoms with Gasteiger partial charge in [0.05, 0.1) is 17.6 Å². The van der Waals surface area contributed by atoms with Crippen LogP contribution in [-0.2, 0) is 28.9 Å². The maximum Gasteiger partial charge on any atom is 0.410 e. The quantitative estimate of drug-likeness (QED) is 0.427. The summed E-state index contributed by atoms with van der Waals surface area (Å²) in [6, 6.07) is 5.29. The van der Waals surface area contributed by atoms with Crippen molar-refractivity contribution in [3.05, 3.63) is 46.3 Å². The van der Waals surface area contributed by atoms with Gasteiger partial charge in [-0.05, 0) is 61.8 Å². The van der Waals surface area contributed by atoms with Gasteiger partial charge in [0.1, 0.15) is 30.0 Å². The van der Waals surface area contributed by atoms with Crippen LogP contribution in [0.5, 0.6) is 0 Å². The van der Waals surface area contributed by atoms with Crippen LogP contribution in [-0.4, -0.2) is 65.7 Å². The second-order valence-corrected chi connectivity index (χ2v) is 9.62. The third kappa shape index (κ3) is 4.84. The molecule has 1 saturated heterocycles. The van der Waals surface area contributed by atoms with Gasteiger partial charge in [-0.1, -0.05) is 0 Å². The van der Waals surface area contributed by atoms with Gasteiger partial charge in [-0.2, -0.15) is 5.26 Å². The zero-order chi connectivity index (χ0) is 26.0. The van der Waals surface area contributed by atoms with Gasteiger partial charge in [-0.15, -0.1) is 0 Å². The van der Waals surface area contributed by atoms with E-state index in [4.69, 9.17) is 9.47 Å². The molecular formula is C26H28N6O5. The number of anilines is 2. The molecule has 1 aliphatic carbocycles. The summed E-state index contributed by atoms with van der Waals surface area (Å²) < 4.78 is 10.3. The lowest BCUT2D eigenvalue weighted by Crippen LogP contribution is -2.40. The van der Waals surface area contributed by atoms with Crippen molar-refractivity contribution < 1.29 is 23.9 Å². The Bertz CT molecular complexity index is 1280. The molecule has 1 spiro atoms. The standard InChI is InChI=1S/C26H28N6O5/c1-36-9-3-5-17-11-22(28-13-20(17)12-27)30-24(34)31-8-2-4-18-10-19(21(15-33)29-23(18)31)14-32-25(35)37-16-26(32)6-7-26/h10-11,13,15H,2-9,14,16H2,1H3,(H,28,30,34). The Hall–Kier alpha value is -4.04. The van der Waals surface area contributed by atoms with Crippen molar-refractivity contribution in [2.24, 2.45) is 0 Å². The maximum absolute atomic E-state index is 13.2. The molecule has 3 aliphatic rings. The predicted octanol–water partition coefficient (Wildman–Crippen LogP) is 3.21. The van der Waals surface area contributed by atoms with Crippen LogP contribution < -0.4 is 10.2 Å². The van der Waals surface area contributed by atoms with E-state index in [9.17, 15) is 19.6 Å². The van der Waals surface area contributed by atoms with Crippen LogP contribution in [0.4, 0.5) is 21.2 Å². The fraction of sp³-hybridized carbons (Fsp3) is 0.462. The van der Waals surface area contributed by atoms with Crippen LogP contribution in [0.1, 0.15) is 58.4 Å².